The molecule has 0 saturated heterocycles. The van der Waals surface area contributed by atoms with Gasteiger partial charge in [-0.3, -0.25) is 4.79 Å². The molecule has 8 nitrogen and oxygen atoms in total. The smallest absolute Gasteiger partial charge is 0.258 e. The van der Waals surface area contributed by atoms with Crippen molar-refractivity contribution < 1.29 is 23.5 Å². The number of nitrogens with one attached hydrogen (secondary N) is 1. The quantitative estimate of drug-likeness (QED) is 0.454. The summed E-state index contributed by atoms with van der Waals surface area (Å²) in [6, 6.07) is 19.5. The number of benzene rings is 3. The van der Waals surface area contributed by atoms with Crippen LogP contribution in [0.5, 0.6) is 17.2 Å². The van der Waals surface area contributed by atoms with Gasteiger partial charge in [0.05, 0.1) is 21.3 Å². The number of nitrogens with zero attached hydrogens (tertiary/aromatic N) is 2. The summed E-state index contributed by atoms with van der Waals surface area (Å²) in [4.78, 5) is 17.2. The van der Waals surface area contributed by atoms with E-state index in [1.54, 1.807) is 50.6 Å². The van der Waals surface area contributed by atoms with E-state index < -0.39 is 0 Å². The number of carbonyl (C=O) groups is 1. The minimum atomic E-state index is -0.285. The van der Waals surface area contributed by atoms with E-state index in [4.69, 9.17) is 18.7 Å². The summed E-state index contributed by atoms with van der Waals surface area (Å²) in [5, 5.41) is 6.92. The number of carbonyl (C=O) groups excluding carboxylic acids is 1. The number of rotatable bonds is 7. The standard InChI is InChI=1S/C24H21N3O5/c1-29-19-10-7-15(8-11-19)22-26-24(32-27-22)17-5-4-6-18(13-17)25-23(28)16-9-12-20(30-2)21(14-16)31-3/h4-14H,1-3H3,(H,25,28). The third-order valence-corrected chi connectivity index (χ3v) is 4.79. The number of ether oxygens (including phenoxy) is 3. The predicted octanol–water partition coefficient (Wildman–Crippen LogP) is 4.68. The molecule has 0 bridgehead atoms. The van der Waals surface area contributed by atoms with Crippen molar-refractivity contribution in [3.63, 3.8) is 0 Å². The molecule has 0 aliphatic heterocycles. The van der Waals surface area contributed by atoms with E-state index in [0.717, 1.165) is 11.3 Å². The first-order valence-electron chi connectivity index (χ1n) is 9.73. The molecule has 162 valence electrons. The topological polar surface area (TPSA) is 95.7 Å². The number of anilines is 1. The third kappa shape index (κ3) is 4.39. The highest BCUT2D eigenvalue weighted by atomic mass is 16.5. The summed E-state index contributed by atoms with van der Waals surface area (Å²) in [5.41, 5.74) is 2.51. The van der Waals surface area contributed by atoms with E-state index in [1.807, 2.05) is 30.3 Å². The van der Waals surface area contributed by atoms with Gasteiger partial charge in [-0.05, 0) is 60.7 Å². The zero-order valence-electron chi connectivity index (χ0n) is 17.8. The van der Waals surface area contributed by atoms with Gasteiger partial charge in [0.25, 0.3) is 11.8 Å². The molecule has 1 amide bonds. The lowest BCUT2D eigenvalue weighted by Crippen LogP contribution is -2.12. The zero-order chi connectivity index (χ0) is 22.5. The highest BCUT2D eigenvalue weighted by molar-refractivity contribution is 6.04. The monoisotopic (exact) mass is 431 g/mol. The van der Waals surface area contributed by atoms with Crippen LogP contribution in [0, 0.1) is 0 Å². The SMILES string of the molecule is COc1ccc(-c2noc(-c3cccc(NC(=O)c4ccc(OC)c(OC)c4)c3)n2)cc1. The Kier molecular flexibility index (Phi) is 6.03. The molecule has 4 aromatic rings. The molecule has 0 radical (unpaired) electrons. The lowest BCUT2D eigenvalue weighted by atomic mass is 10.1. The van der Waals surface area contributed by atoms with Gasteiger partial charge in [-0.2, -0.15) is 4.98 Å². The van der Waals surface area contributed by atoms with Crippen molar-refractivity contribution >= 4 is 11.6 Å². The van der Waals surface area contributed by atoms with Crippen molar-refractivity contribution in [3.8, 4) is 40.1 Å². The minimum absolute atomic E-state index is 0.285. The Bertz CT molecular complexity index is 1230. The lowest BCUT2D eigenvalue weighted by Gasteiger charge is -2.10. The number of amides is 1. The summed E-state index contributed by atoms with van der Waals surface area (Å²) in [6.45, 7) is 0. The van der Waals surface area contributed by atoms with E-state index in [-0.39, 0.29) is 5.91 Å². The Labute approximate surface area is 184 Å². The van der Waals surface area contributed by atoms with E-state index >= 15 is 0 Å². The second kappa shape index (κ2) is 9.22. The largest absolute Gasteiger partial charge is 0.497 e. The van der Waals surface area contributed by atoms with Gasteiger partial charge in [0.15, 0.2) is 11.5 Å². The first-order valence-corrected chi connectivity index (χ1v) is 9.73. The van der Waals surface area contributed by atoms with Gasteiger partial charge in [-0.1, -0.05) is 11.2 Å². The van der Waals surface area contributed by atoms with Crippen molar-refractivity contribution in [2.24, 2.45) is 0 Å². The van der Waals surface area contributed by atoms with Crippen molar-refractivity contribution in [3.05, 3.63) is 72.3 Å². The predicted molar refractivity (Wildman–Crippen MR) is 119 cm³/mol. The van der Waals surface area contributed by atoms with E-state index in [1.165, 1.54) is 7.11 Å². The molecule has 0 saturated carbocycles. The summed E-state index contributed by atoms with van der Waals surface area (Å²) < 4.78 is 21.1. The van der Waals surface area contributed by atoms with Crippen molar-refractivity contribution in [2.75, 3.05) is 26.6 Å². The fourth-order valence-corrected chi connectivity index (χ4v) is 3.11. The molecule has 8 heteroatoms. The Hall–Kier alpha value is -4.33. The molecule has 4 rings (SSSR count). The fraction of sp³-hybridized carbons (Fsp3) is 0.125. The van der Waals surface area contributed by atoms with Crippen molar-refractivity contribution in [2.45, 2.75) is 0 Å². The minimum Gasteiger partial charge on any atom is -0.497 e. The van der Waals surface area contributed by atoms with Crippen LogP contribution in [-0.2, 0) is 0 Å². The van der Waals surface area contributed by atoms with Crippen LogP contribution >= 0.6 is 0 Å². The second-order valence-corrected chi connectivity index (χ2v) is 6.76. The van der Waals surface area contributed by atoms with Gasteiger partial charge in [-0.15, -0.1) is 0 Å². The Balaban J connectivity index is 1.53. The molecule has 1 heterocycles. The number of methoxy groups -OCH3 is 3. The van der Waals surface area contributed by atoms with Gasteiger partial charge in [0.2, 0.25) is 5.82 Å². The molecule has 32 heavy (non-hydrogen) atoms. The lowest BCUT2D eigenvalue weighted by molar-refractivity contribution is 0.102. The summed E-state index contributed by atoms with van der Waals surface area (Å²) in [5.74, 6) is 2.30. The fourth-order valence-electron chi connectivity index (χ4n) is 3.11. The van der Waals surface area contributed by atoms with Crippen LogP contribution in [0.25, 0.3) is 22.8 Å². The Morgan fingerprint density at radius 3 is 2.34 bits per heavy atom. The Morgan fingerprint density at radius 2 is 1.62 bits per heavy atom. The van der Waals surface area contributed by atoms with Crippen LogP contribution in [0.2, 0.25) is 0 Å². The molecule has 0 spiro atoms. The molecule has 0 atom stereocenters. The molecule has 0 aliphatic rings. The van der Waals surface area contributed by atoms with Gasteiger partial charge in [0, 0.05) is 22.4 Å². The normalized spacial score (nSPS) is 10.5. The molecule has 0 fully saturated rings. The molecular formula is C24H21N3O5. The zero-order valence-corrected chi connectivity index (χ0v) is 17.8. The number of aromatic nitrogens is 2. The first kappa shape index (κ1) is 20.9. The molecule has 0 unspecified atom stereocenters. The van der Waals surface area contributed by atoms with Crippen molar-refractivity contribution in [1.29, 1.82) is 0 Å². The van der Waals surface area contributed by atoms with Gasteiger partial charge in [-0.25, -0.2) is 0 Å². The number of hydrogen-bond acceptors (Lipinski definition) is 7. The molecule has 1 aromatic heterocycles. The summed E-state index contributed by atoms with van der Waals surface area (Å²) in [6.07, 6.45) is 0. The van der Waals surface area contributed by atoms with Crippen molar-refractivity contribution in [1.82, 2.24) is 10.1 Å². The summed E-state index contributed by atoms with van der Waals surface area (Å²) in [7, 11) is 4.67. The first-order chi connectivity index (χ1) is 15.6. The maximum atomic E-state index is 12.7. The Morgan fingerprint density at radius 1 is 0.844 bits per heavy atom. The van der Waals surface area contributed by atoms with Crippen LogP contribution in [0.3, 0.4) is 0 Å². The maximum Gasteiger partial charge on any atom is 0.258 e. The van der Waals surface area contributed by atoms with Gasteiger partial charge < -0.3 is 24.1 Å². The molecule has 3 aromatic carbocycles. The van der Waals surface area contributed by atoms with Crippen LogP contribution in [0.4, 0.5) is 5.69 Å². The van der Waals surface area contributed by atoms with E-state index in [2.05, 4.69) is 15.5 Å². The number of hydrogen-bond donors (Lipinski definition) is 1. The average Bonchev–Trinajstić information content (AvgIpc) is 3.34. The third-order valence-electron chi connectivity index (χ3n) is 4.79. The van der Waals surface area contributed by atoms with E-state index in [0.29, 0.717) is 40.0 Å². The van der Waals surface area contributed by atoms with Crippen LogP contribution in [0.1, 0.15) is 10.4 Å². The van der Waals surface area contributed by atoms with E-state index in [9.17, 15) is 4.79 Å². The highest BCUT2D eigenvalue weighted by Gasteiger charge is 2.14. The van der Waals surface area contributed by atoms with Crippen LogP contribution < -0.4 is 19.5 Å². The molecule has 0 aliphatic carbocycles. The van der Waals surface area contributed by atoms with Gasteiger partial charge >= 0.3 is 0 Å². The maximum absolute atomic E-state index is 12.7. The average molecular weight is 431 g/mol. The van der Waals surface area contributed by atoms with Crippen LogP contribution in [0.15, 0.2) is 71.3 Å². The second-order valence-electron chi connectivity index (χ2n) is 6.76. The molecule has 1 N–H and O–H groups in total. The highest BCUT2D eigenvalue weighted by Crippen LogP contribution is 2.29. The van der Waals surface area contributed by atoms with Gasteiger partial charge in [0.1, 0.15) is 5.75 Å². The molecular weight excluding hydrogens is 410 g/mol. The summed E-state index contributed by atoms with van der Waals surface area (Å²) >= 11 is 0. The van der Waals surface area contributed by atoms with Crippen LogP contribution in [-0.4, -0.2) is 37.4 Å².